The van der Waals surface area contributed by atoms with Crippen LogP contribution in [0.5, 0.6) is 0 Å². The third kappa shape index (κ3) is 1.89. The summed E-state index contributed by atoms with van der Waals surface area (Å²) in [6, 6.07) is 1.76. The fourth-order valence-electron chi connectivity index (χ4n) is 2.03. The third-order valence-corrected chi connectivity index (χ3v) is 2.83. The van der Waals surface area contributed by atoms with E-state index in [1.165, 1.54) is 0 Å². The van der Waals surface area contributed by atoms with Crippen LogP contribution in [0.3, 0.4) is 0 Å². The number of aromatic nitrogens is 1. The molecule has 0 spiro atoms. The van der Waals surface area contributed by atoms with Crippen molar-refractivity contribution in [2.24, 2.45) is 0 Å². The largest absolute Gasteiger partial charge is 0.394 e. The molecule has 1 aromatic heterocycles. The minimum absolute atomic E-state index is 0.214. The molecule has 0 amide bonds. The van der Waals surface area contributed by atoms with Gasteiger partial charge in [0.1, 0.15) is 12.3 Å². The van der Waals surface area contributed by atoms with Crippen molar-refractivity contribution in [2.45, 2.75) is 31.8 Å². The molecule has 5 nitrogen and oxygen atoms in total. The predicted molar refractivity (Wildman–Crippen MR) is 56.2 cm³/mol. The third-order valence-electron chi connectivity index (χ3n) is 2.83. The quantitative estimate of drug-likeness (QED) is 0.723. The maximum absolute atomic E-state index is 10.8. The van der Waals surface area contributed by atoms with Gasteiger partial charge in [-0.15, -0.1) is 0 Å². The highest BCUT2D eigenvalue weighted by molar-refractivity contribution is 5.73. The molecule has 16 heavy (non-hydrogen) atoms. The van der Waals surface area contributed by atoms with Crippen LogP contribution >= 0.6 is 0 Å². The molecule has 0 aliphatic carbocycles. The Bertz CT molecular complexity index is 387. The molecule has 1 saturated heterocycles. The second kappa shape index (κ2) is 4.37. The fraction of sp³-hybridized carbons (Fsp3) is 0.545. The van der Waals surface area contributed by atoms with Gasteiger partial charge < -0.3 is 19.5 Å². The van der Waals surface area contributed by atoms with Crippen molar-refractivity contribution in [3.8, 4) is 0 Å². The summed E-state index contributed by atoms with van der Waals surface area (Å²) in [6.07, 6.45) is 1.33. The van der Waals surface area contributed by atoms with Gasteiger partial charge >= 0.3 is 0 Å². The Hall–Kier alpha value is -1.17. The number of carbonyl (C=O) groups is 1. The SMILES string of the molecule is Cc1cc(C=O)n([C@H]2CC(O)[C@@H](CO)O2)c1. The first-order valence-corrected chi connectivity index (χ1v) is 5.23. The van der Waals surface area contributed by atoms with E-state index < -0.39 is 12.2 Å². The first-order chi connectivity index (χ1) is 7.65. The number of aliphatic hydroxyl groups is 2. The van der Waals surface area contributed by atoms with Crippen molar-refractivity contribution in [1.82, 2.24) is 4.57 Å². The van der Waals surface area contributed by atoms with Gasteiger partial charge in [-0.25, -0.2) is 0 Å². The number of ether oxygens (including phenoxy) is 1. The van der Waals surface area contributed by atoms with Gasteiger partial charge in [-0.05, 0) is 18.6 Å². The zero-order chi connectivity index (χ0) is 11.7. The highest BCUT2D eigenvalue weighted by atomic mass is 16.5. The van der Waals surface area contributed by atoms with E-state index in [-0.39, 0.29) is 12.8 Å². The zero-order valence-corrected chi connectivity index (χ0v) is 9.04. The molecular formula is C11H15NO4. The van der Waals surface area contributed by atoms with Gasteiger partial charge in [0.25, 0.3) is 0 Å². The first kappa shape index (κ1) is 11.3. The van der Waals surface area contributed by atoms with Crippen molar-refractivity contribution < 1.29 is 19.7 Å². The zero-order valence-electron chi connectivity index (χ0n) is 9.04. The second-order valence-corrected chi connectivity index (χ2v) is 4.08. The number of rotatable bonds is 3. The summed E-state index contributed by atoms with van der Waals surface area (Å²) >= 11 is 0. The summed E-state index contributed by atoms with van der Waals surface area (Å²) in [5, 5.41) is 18.6. The first-order valence-electron chi connectivity index (χ1n) is 5.23. The van der Waals surface area contributed by atoms with E-state index >= 15 is 0 Å². The average molecular weight is 225 g/mol. The van der Waals surface area contributed by atoms with Crippen LogP contribution in [0.25, 0.3) is 0 Å². The van der Waals surface area contributed by atoms with E-state index in [1.54, 1.807) is 16.8 Å². The normalized spacial score (nSPS) is 29.6. The Morgan fingerprint density at radius 1 is 1.69 bits per heavy atom. The van der Waals surface area contributed by atoms with Crippen LogP contribution < -0.4 is 0 Å². The molecule has 1 aromatic rings. The molecule has 0 bridgehead atoms. The van der Waals surface area contributed by atoms with Crippen LogP contribution in [-0.2, 0) is 4.74 Å². The minimum Gasteiger partial charge on any atom is -0.394 e. The summed E-state index contributed by atoms with van der Waals surface area (Å²) in [6.45, 7) is 1.67. The molecule has 1 unspecified atom stereocenters. The highest BCUT2D eigenvalue weighted by Gasteiger charge is 2.34. The average Bonchev–Trinajstić information content (AvgIpc) is 2.81. The van der Waals surface area contributed by atoms with Crippen LogP contribution in [0.15, 0.2) is 12.3 Å². The lowest BCUT2D eigenvalue weighted by molar-refractivity contribution is -0.0446. The number of carbonyl (C=O) groups excluding carboxylic acids is 1. The Morgan fingerprint density at radius 2 is 2.44 bits per heavy atom. The van der Waals surface area contributed by atoms with E-state index in [9.17, 15) is 9.90 Å². The predicted octanol–water partition coefficient (Wildman–Crippen LogP) is 0.250. The molecule has 2 rings (SSSR count). The van der Waals surface area contributed by atoms with Crippen LogP contribution in [0.1, 0.15) is 28.7 Å². The molecule has 88 valence electrons. The molecule has 1 fully saturated rings. The van der Waals surface area contributed by atoms with E-state index in [0.717, 1.165) is 11.8 Å². The summed E-state index contributed by atoms with van der Waals surface area (Å²) in [5.74, 6) is 0. The summed E-state index contributed by atoms with van der Waals surface area (Å²) < 4.78 is 7.16. The molecule has 3 atom stereocenters. The smallest absolute Gasteiger partial charge is 0.166 e. The van der Waals surface area contributed by atoms with Gasteiger partial charge in [0, 0.05) is 12.6 Å². The fourth-order valence-corrected chi connectivity index (χ4v) is 2.03. The molecular weight excluding hydrogens is 210 g/mol. The molecule has 0 radical (unpaired) electrons. The van der Waals surface area contributed by atoms with Crippen LogP contribution in [0, 0.1) is 6.92 Å². The number of aldehydes is 1. The van der Waals surface area contributed by atoms with Gasteiger partial charge in [0.2, 0.25) is 0 Å². The van der Waals surface area contributed by atoms with E-state index in [4.69, 9.17) is 9.84 Å². The molecule has 2 heterocycles. The lowest BCUT2D eigenvalue weighted by atomic mass is 10.2. The van der Waals surface area contributed by atoms with Gasteiger partial charge in [-0.1, -0.05) is 0 Å². The Morgan fingerprint density at radius 3 is 3.00 bits per heavy atom. The van der Waals surface area contributed by atoms with Crippen molar-refractivity contribution >= 4 is 6.29 Å². The monoisotopic (exact) mass is 225 g/mol. The maximum atomic E-state index is 10.8. The standard InChI is InChI=1S/C11H15NO4/c1-7-2-8(5-13)12(4-7)11-3-9(15)10(6-14)16-11/h2,4-5,9-11,14-15H,3,6H2,1H3/t9?,10-,11-/m1/s1. The molecule has 0 aromatic carbocycles. The lowest BCUT2D eigenvalue weighted by Crippen LogP contribution is -2.24. The Labute approximate surface area is 93.3 Å². The summed E-state index contributed by atoms with van der Waals surface area (Å²) in [7, 11) is 0. The topological polar surface area (TPSA) is 71.7 Å². The summed E-state index contributed by atoms with van der Waals surface area (Å²) in [5.41, 5.74) is 1.49. The number of aliphatic hydroxyl groups excluding tert-OH is 2. The number of hydrogen-bond donors (Lipinski definition) is 2. The van der Waals surface area contributed by atoms with Crippen LogP contribution in [0.4, 0.5) is 0 Å². The van der Waals surface area contributed by atoms with Crippen molar-refractivity contribution in [3.63, 3.8) is 0 Å². The highest BCUT2D eigenvalue weighted by Crippen LogP contribution is 2.30. The molecule has 5 heteroatoms. The van der Waals surface area contributed by atoms with Crippen molar-refractivity contribution in [2.75, 3.05) is 6.61 Å². The lowest BCUT2D eigenvalue weighted by Gasteiger charge is -2.14. The Balaban J connectivity index is 2.22. The van der Waals surface area contributed by atoms with Crippen molar-refractivity contribution in [3.05, 3.63) is 23.5 Å². The van der Waals surface area contributed by atoms with E-state index in [1.807, 2.05) is 6.92 Å². The van der Waals surface area contributed by atoms with Gasteiger partial charge in [0.15, 0.2) is 6.29 Å². The van der Waals surface area contributed by atoms with Crippen LogP contribution in [-0.4, -0.2) is 39.9 Å². The summed E-state index contributed by atoms with van der Waals surface area (Å²) in [4.78, 5) is 10.8. The van der Waals surface area contributed by atoms with Gasteiger partial charge in [-0.3, -0.25) is 4.79 Å². The Kier molecular flexibility index (Phi) is 3.09. The second-order valence-electron chi connectivity index (χ2n) is 4.08. The molecule has 1 aliphatic heterocycles. The number of nitrogens with zero attached hydrogens (tertiary/aromatic N) is 1. The van der Waals surface area contributed by atoms with Crippen molar-refractivity contribution in [1.29, 1.82) is 0 Å². The van der Waals surface area contributed by atoms with Gasteiger partial charge in [0.05, 0.1) is 18.4 Å². The van der Waals surface area contributed by atoms with Gasteiger partial charge in [-0.2, -0.15) is 0 Å². The molecule has 2 N–H and O–H groups in total. The maximum Gasteiger partial charge on any atom is 0.166 e. The number of hydrogen-bond acceptors (Lipinski definition) is 4. The van der Waals surface area contributed by atoms with E-state index in [2.05, 4.69) is 0 Å². The molecule has 1 aliphatic rings. The number of aryl methyl sites for hydroxylation is 1. The minimum atomic E-state index is -0.683. The van der Waals surface area contributed by atoms with E-state index in [0.29, 0.717) is 12.1 Å². The van der Waals surface area contributed by atoms with Crippen LogP contribution in [0.2, 0.25) is 0 Å². The molecule has 0 saturated carbocycles.